The van der Waals surface area contributed by atoms with Crippen LogP contribution >= 0.6 is 10.7 Å². The van der Waals surface area contributed by atoms with E-state index < -0.39 is 14.9 Å². The Labute approximate surface area is 93.5 Å². The molecule has 0 N–H and O–H groups in total. The second kappa shape index (κ2) is 4.94. The van der Waals surface area contributed by atoms with Gasteiger partial charge >= 0.3 is 0 Å². The molecule has 1 aromatic rings. The van der Waals surface area contributed by atoms with Crippen molar-refractivity contribution in [2.75, 3.05) is 0 Å². The molecule has 0 heterocycles. The van der Waals surface area contributed by atoms with Crippen molar-refractivity contribution in [3.63, 3.8) is 0 Å². The predicted octanol–water partition coefficient (Wildman–Crippen LogP) is 2.85. The molecular formula is C10H12ClFO2S. The second-order valence-corrected chi connectivity index (χ2v) is 6.12. The van der Waals surface area contributed by atoms with Crippen molar-refractivity contribution in [2.45, 2.75) is 25.5 Å². The van der Waals surface area contributed by atoms with Gasteiger partial charge in [-0.05, 0) is 29.7 Å². The van der Waals surface area contributed by atoms with E-state index in [0.717, 1.165) is 18.4 Å². The van der Waals surface area contributed by atoms with Gasteiger partial charge < -0.3 is 0 Å². The number of rotatable bonds is 4. The molecule has 0 aliphatic rings. The summed E-state index contributed by atoms with van der Waals surface area (Å²) in [6.07, 6.45) is 1.60. The summed E-state index contributed by atoms with van der Waals surface area (Å²) in [5.74, 6) is -0.757. The summed E-state index contributed by atoms with van der Waals surface area (Å²) in [7, 11) is 1.51. The lowest BCUT2D eigenvalue weighted by Gasteiger charge is -2.06. The minimum absolute atomic E-state index is 0.318. The molecule has 1 aromatic carbocycles. The normalized spacial score (nSPS) is 11.7. The van der Waals surface area contributed by atoms with E-state index in [-0.39, 0.29) is 5.75 Å². The maximum Gasteiger partial charge on any atom is 0.236 e. The van der Waals surface area contributed by atoms with Crippen LogP contribution in [0.25, 0.3) is 0 Å². The minimum atomic E-state index is -3.63. The summed E-state index contributed by atoms with van der Waals surface area (Å²) in [5.41, 5.74) is 1.29. The largest absolute Gasteiger partial charge is 0.236 e. The zero-order valence-corrected chi connectivity index (χ0v) is 9.91. The van der Waals surface area contributed by atoms with Gasteiger partial charge in [-0.2, -0.15) is 0 Å². The van der Waals surface area contributed by atoms with E-state index in [1.807, 2.05) is 6.92 Å². The fourth-order valence-electron chi connectivity index (χ4n) is 1.43. The molecule has 0 atom stereocenters. The Morgan fingerprint density at radius 3 is 2.53 bits per heavy atom. The summed E-state index contributed by atoms with van der Waals surface area (Å²) in [5, 5.41) is 0. The quantitative estimate of drug-likeness (QED) is 0.770. The van der Waals surface area contributed by atoms with Gasteiger partial charge in [-0.1, -0.05) is 19.4 Å². The molecule has 0 unspecified atom stereocenters. The van der Waals surface area contributed by atoms with Crippen LogP contribution in [0.2, 0.25) is 0 Å². The Bertz CT molecular complexity index is 443. The van der Waals surface area contributed by atoms with Crippen molar-refractivity contribution >= 4 is 19.7 Å². The second-order valence-electron chi connectivity index (χ2n) is 3.35. The van der Waals surface area contributed by atoms with Crippen LogP contribution in [0.3, 0.4) is 0 Å². The van der Waals surface area contributed by atoms with Gasteiger partial charge in [0, 0.05) is 10.7 Å². The van der Waals surface area contributed by atoms with Crippen molar-refractivity contribution in [3.8, 4) is 0 Å². The van der Waals surface area contributed by atoms with Gasteiger partial charge in [-0.15, -0.1) is 0 Å². The van der Waals surface area contributed by atoms with Gasteiger partial charge in [0.05, 0.1) is 5.75 Å². The molecule has 0 saturated carbocycles. The zero-order valence-electron chi connectivity index (χ0n) is 8.33. The molecule has 0 aliphatic heterocycles. The van der Waals surface area contributed by atoms with E-state index in [1.165, 1.54) is 12.1 Å². The van der Waals surface area contributed by atoms with Crippen LogP contribution < -0.4 is 0 Å². The third-order valence-corrected chi connectivity index (χ3v) is 3.00. The molecule has 0 saturated heterocycles. The molecule has 0 aromatic heterocycles. The molecule has 0 radical (unpaired) electrons. The average molecular weight is 251 g/mol. The van der Waals surface area contributed by atoms with Gasteiger partial charge in [-0.3, -0.25) is 0 Å². The lowest BCUT2D eigenvalue weighted by atomic mass is 10.0. The van der Waals surface area contributed by atoms with Crippen LogP contribution in [0.5, 0.6) is 0 Å². The molecular weight excluding hydrogens is 239 g/mol. The molecule has 84 valence electrons. The first-order valence-electron chi connectivity index (χ1n) is 4.62. The fraction of sp³-hybridized carbons (Fsp3) is 0.400. The molecule has 0 spiro atoms. The Morgan fingerprint density at radius 1 is 1.33 bits per heavy atom. The Balaban J connectivity index is 3.07. The van der Waals surface area contributed by atoms with Crippen molar-refractivity contribution in [1.82, 2.24) is 0 Å². The first-order valence-corrected chi connectivity index (χ1v) is 7.10. The minimum Gasteiger partial charge on any atom is -0.212 e. The van der Waals surface area contributed by atoms with Gasteiger partial charge in [0.1, 0.15) is 5.82 Å². The highest BCUT2D eigenvalue weighted by atomic mass is 35.7. The number of benzene rings is 1. The highest BCUT2D eigenvalue weighted by Crippen LogP contribution is 2.18. The number of hydrogen-bond donors (Lipinski definition) is 0. The van der Waals surface area contributed by atoms with Gasteiger partial charge in [-0.25, -0.2) is 12.8 Å². The molecule has 1 rings (SSSR count). The van der Waals surface area contributed by atoms with Crippen LogP contribution in [0, 0.1) is 5.82 Å². The average Bonchev–Trinajstić information content (AvgIpc) is 2.07. The Morgan fingerprint density at radius 2 is 2.00 bits per heavy atom. The summed E-state index contributed by atoms with van der Waals surface area (Å²) < 4.78 is 34.7. The lowest BCUT2D eigenvalue weighted by molar-refractivity contribution is 0.607. The SMILES string of the molecule is CCCc1ccc(F)cc1CS(=O)(=O)Cl. The van der Waals surface area contributed by atoms with E-state index in [1.54, 1.807) is 6.07 Å². The first kappa shape index (κ1) is 12.5. The topological polar surface area (TPSA) is 34.1 Å². The monoisotopic (exact) mass is 250 g/mol. The highest BCUT2D eigenvalue weighted by molar-refractivity contribution is 8.13. The van der Waals surface area contributed by atoms with E-state index >= 15 is 0 Å². The van der Waals surface area contributed by atoms with E-state index in [9.17, 15) is 12.8 Å². The van der Waals surface area contributed by atoms with Crippen molar-refractivity contribution in [2.24, 2.45) is 0 Å². The van der Waals surface area contributed by atoms with Gasteiger partial charge in [0.25, 0.3) is 0 Å². The zero-order chi connectivity index (χ0) is 11.5. The summed E-state index contributed by atoms with van der Waals surface area (Å²) >= 11 is 0. The summed E-state index contributed by atoms with van der Waals surface area (Å²) in [4.78, 5) is 0. The Kier molecular flexibility index (Phi) is 4.11. The Hall–Kier alpha value is -0.610. The van der Waals surface area contributed by atoms with Gasteiger partial charge in [0.2, 0.25) is 9.05 Å². The van der Waals surface area contributed by atoms with E-state index in [4.69, 9.17) is 10.7 Å². The summed E-state index contributed by atoms with van der Waals surface area (Å²) in [6, 6.07) is 4.16. The molecule has 0 bridgehead atoms. The van der Waals surface area contributed by atoms with Crippen LogP contribution in [0.1, 0.15) is 24.5 Å². The molecule has 2 nitrogen and oxygen atoms in total. The van der Waals surface area contributed by atoms with Crippen LogP contribution in [-0.4, -0.2) is 8.42 Å². The van der Waals surface area contributed by atoms with Gasteiger partial charge in [0.15, 0.2) is 0 Å². The van der Waals surface area contributed by atoms with E-state index in [2.05, 4.69) is 0 Å². The number of halogens is 2. The molecule has 0 aliphatic carbocycles. The highest BCUT2D eigenvalue weighted by Gasteiger charge is 2.11. The molecule has 0 amide bonds. The number of aryl methyl sites for hydroxylation is 1. The van der Waals surface area contributed by atoms with Crippen LogP contribution in [-0.2, 0) is 21.2 Å². The summed E-state index contributed by atoms with van der Waals surface area (Å²) in [6.45, 7) is 1.97. The molecule has 15 heavy (non-hydrogen) atoms. The van der Waals surface area contributed by atoms with Crippen LogP contribution in [0.4, 0.5) is 4.39 Å². The maximum atomic E-state index is 12.9. The van der Waals surface area contributed by atoms with Crippen molar-refractivity contribution in [1.29, 1.82) is 0 Å². The maximum absolute atomic E-state index is 12.9. The third-order valence-electron chi connectivity index (χ3n) is 2.02. The van der Waals surface area contributed by atoms with Crippen molar-refractivity contribution in [3.05, 3.63) is 35.1 Å². The predicted molar refractivity (Wildman–Crippen MR) is 58.9 cm³/mol. The van der Waals surface area contributed by atoms with E-state index in [0.29, 0.717) is 5.56 Å². The molecule has 5 heteroatoms. The third kappa shape index (κ3) is 4.18. The fourth-order valence-corrected chi connectivity index (χ4v) is 2.42. The smallest absolute Gasteiger partial charge is 0.212 e. The molecule has 0 fully saturated rings. The number of hydrogen-bond acceptors (Lipinski definition) is 2. The lowest BCUT2D eigenvalue weighted by Crippen LogP contribution is -2.01. The van der Waals surface area contributed by atoms with Crippen LogP contribution in [0.15, 0.2) is 18.2 Å². The standard InChI is InChI=1S/C10H12ClFO2S/c1-2-3-8-4-5-10(12)6-9(8)7-15(11,13)14/h4-6H,2-3,7H2,1H3. The van der Waals surface area contributed by atoms with Crippen molar-refractivity contribution < 1.29 is 12.8 Å². The first-order chi connectivity index (χ1) is 6.92.